The highest BCUT2D eigenvalue weighted by atomic mass is 32.2. The zero-order chi connectivity index (χ0) is 28.2. The van der Waals surface area contributed by atoms with Gasteiger partial charge >= 0.3 is 6.09 Å². The molecule has 0 aliphatic rings. The van der Waals surface area contributed by atoms with Gasteiger partial charge in [0.1, 0.15) is 28.6 Å². The Bertz CT molecular complexity index is 1540. The average Bonchev–Trinajstić information content (AvgIpc) is 2.90. The van der Waals surface area contributed by atoms with Crippen LogP contribution in [0.15, 0.2) is 58.6 Å². The Labute approximate surface area is 230 Å². The topological polar surface area (TPSA) is 117 Å². The number of benzene rings is 1. The van der Waals surface area contributed by atoms with E-state index in [1.807, 2.05) is 12.3 Å². The number of nitrogens with zero attached hydrogens (tertiary/aromatic N) is 4. The van der Waals surface area contributed by atoms with E-state index in [4.69, 9.17) is 14.2 Å². The van der Waals surface area contributed by atoms with Gasteiger partial charge in [-0.3, -0.25) is 14.7 Å². The Morgan fingerprint density at radius 3 is 2.41 bits per heavy atom. The van der Waals surface area contributed by atoms with E-state index < -0.39 is 11.7 Å². The molecule has 0 saturated carbocycles. The Morgan fingerprint density at radius 2 is 1.77 bits per heavy atom. The summed E-state index contributed by atoms with van der Waals surface area (Å²) in [5, 5.41) is 3.94. The molecule has 0 aliphatic carbocycles. The van der Waals surface area contributed by atoms with Crippen LogP contribution in [0.4, 0.5) is 10.6 Å². The monoisotopic (exact) mass is 549 g/mol. The number of fused-ring (bicyclic) bond motifs is 1. The van der Waals surface area contributed by atoms with Crippen LogP contribution in [0.3, 0.4) is 0 Å². The molecule has 4 aromatic rings. The Kier molecular flexibility index (Phi) is 8.39. The van der Waals surface area contributed by atoms with Gasteiger partial charge in [0, 0.05) is 41.9 Å². The molecule has 204 valence electrons. The Hall–Kier alpha value is -4.12. The van der Waals surface area contributed by atoms with Gasteiger partial charge in [0.05, 0.1) is 14.2 Å². The summed E-state index contributed by atoms with van der Waals surface area (Å²) in [6.07, 6.45) is 3.43. The van der Waals surface area contributed by atoms with E-state index in [9.17, 15) is 9.59 Å². The van der Waals surface area contributed by atoms with E-state index in [2.05, 4.69) is 20.3 Å². The number of nitrogens with one attached hydrogen (secondary N) is 1. The summed E-state index contributed by atoms with van der Waals surface area (Å²) in [5.41, 5.74) is 1.50. The first kappa shape index (κ1) is 27.9. The highest BCUT2D eigenvalue weighted by molar-refractivity contribution is 7.98. The number of hydrogen-bond donors (Lipinski definition) is 1. The predicted molar refractivity (Wildman–Crippen MR) is 152 cm³/mol. The van der Waals surface area contributed by atoms with Crippen molar-refractivity contribution in [3.63, 3.8) is 0 Å². The highest BCUT2D eigenvalue weighted by Gasteiger charge is 2.18. The molecule has 0 aliphatic heterocycles. The summed E-state index contributed by atoms with van der Waals surface area (Å²) in [6.45, 7) is 5.68. The maximum absolute atomic E-state index is 13.9. The van der Waals surface area contributed by atoms with Gasteiger partial charge in [-0.15, -0.1) is 0 Å². The molecule has 1 N–H and O–H groups in total. The van der Waals surface area contributed by atoms with E-state index >= 15 is 0 Å². The lowest BCUT2D eigenvalue weighted by molar-refractivity contribution is 0.0635. The van der Waals surface area contributed by atoms with Crippen molar-refractivity contribution in [2.24, 2.45) is 0 Å². The summed E-state index contributed by atoms with van der Waals surface area (Å²) >= 11 is 1.40. The van der Waals surface area contributed by atoms with Gasteiger partial charge < -0.3 is 14.2 Å². The van der Waals surface area contributed by atoms with E-state index in [1.54, 1.807) is 82.2 Å². The number of methoxy groups -OCH3 is 2. The smallest absolute Gasteiger partial charge is 0.413 e. The third-order valence-corrected chi connectivity index (χ3v) is 6.24. The van der Waals surface area contributed by atoms with Crippen LogP contribution in [0, 0.1) is 0 Å². The van der Waals surface area contributed by atoms with Crippen molar-refractivity contribution in [2.45, 2.75) is 44.5 Å². The predicted octanol–water partition coefficient (Wildman–Crippen LogP) is 5.18. The second kappa shape index (κ2) is 11.7. The van der Waals surface area contributed by atoms with Crippen molar-refractivity contribution >= 4 is 34.7 Å². The standard InChI is InChI=1S/C28H31N5O5S/c1-28(2,3)38-27(35)31-23-9-7-8-19(30-23)10-11-33-24-18(16-29-26(32-24)39-6)14-22(25(33)34)17-12-20(36-4)15-21(13-17)37-5/h7-9,12-16H,10-11H2,1-6H3,(H,30,31,35). The molecule has 0 atom stereocenters. The van der Waals surface area contributed by atoms with Crippen LogP contribution in [0.25, 0.3) is 22.2 Å². The van der Waals surface area contributed by atoms with Crippen molar-refractivity contribution < 1.29 is 19.0 Å². The molecule has 1 amide bonds. The third-order valence-electron chi connectivity index (χ3n) is 5.68. The van der Waals surface area contributed by atoms with E-state index in [-0.39, 0.29) is 5.56 Å². The number of pyridine rings is 2. The zero-order valence-electron chi connectivity index (χ0n) is 22.8. The Balaban J connectivity index is 1.71. The average molecular weight is 550 g/mol. The minimum Gasteiger partial charge on any atom is -0.497 e. The molecule has 11 heteroatoms. The number of carbonyl (C=O) groups excluding carboxylic acids is 1. The summed E-state index contributed by atoms with van der Waals surface area (Å²) in [5.74, 6) is 1.51. The number of aromatic nitrogens is 4. The maximum Gasteiger partial charge on any atom is 0.413 e. The van der Waals surface area contributed by atoms with Gasteiger partial charge in [-0.05, 0) is 62.9 Å². The summed E-state index contributed by atoms with van der Waals surface area (Å²) in [6, 6.07) is 12.4. The van der Waals surface area contributed by atoms with Crippen molar-refractivity contribution in [2.75, 3.05) is 25.8 Å². The first-order chi connectivity index (χ1) is 18.6. The lowest BCUT2D eigenvalue weighted by Crippen LogP contribution is -2.27. The minimum atomic E-state index is -0.626. The minimum absolute atomic E-state index is 0.216. The van der Waals surface area contributed by atoms with E-state index in [1.165, 1.54) is 11.8 Å². The molecule has 0 unspecified atom stereocenters. The fourth-order valence-electron chi connectivity index (χ4n) is 3.94. The molecular formula is C28H31N5O5S. The molecule has 0 saturated heterocycles. The van der Waals surface area contributed by atoms with Crippen molar-refractivity contribution in [1.29, 1.82) is 0 Å². The summed E-state index contributed by atoms with van der Waals surface area (Å²) in [4.78, 5) is 39.6. The maximum atomic E-state index is 13.9. The number of anilines is 1. The SMILES string of the molecule is COc1cc(OC)cc(-c2cc3cnc(SC)nc3n(CCc3cccc(NC(=O)OC(C)(C)C)n3)c2=O)c1. The van der Waals surface area contributed by atoms with E-state index in [0.29, 0.717) is 57.9 Å². The fourth-order valence-corrected chi connectivity index (χ4v) is 4.28. The Morgan fingerprint density at radius 1 is 1.05 bits per heavy atom. The molecule has 10 nitrogen and oxygen atoms in total. The first-order valence-electron chi connectivity index (χ1n) is 12.2. The number of ether oxygens (including phenoxy) is 3. The molecular weight excluding hydrogens is 518 g/mol. The van der Waals surface area contributed by atoms with Gasteiger partial charge in [-0.25, -0.2) is 19.7 Å². The van der Waals surface area contributed by atoms with Crippen molar-refractivity contribution in [1.82, 2.24) is 19.5 Å². The molecule has 3 heterocycles. The lowest BCUT2D eigenvalue weighted by atomic mass is 10.0. The quantitative estimate of drug-likeness (QED) is 0.234. The van der Waals surface area contributed by atoms with Crippen LogP contribution >= 0.6 is 11.8 Å². The highest BCUT2D eigenvalue weighted by Crippen LogP contribution is 2.29. The number of rotatable bonds is 8. The van der Waals surface area contributed by atoms with Gasteiger partial charge in [-0.2, -0.15) is 0 Å². The first-order valence-corrected chi connectivity index (χ1v) is 13.5. The molecule has 39 heavy (non-hydrogen) atoms. The van der Waals surface area contributed by atoms with Crippen molar-refractivity contribution in [3.05, 3.63) is 64.7 Å². The second-order valence-corrected chi connectivity index (χ2v) is 10.4. The number of thioether (sulfide) groups is 1. The van der Waals surface area contributed by atoms with Crippen LogP contribution < -0.4 is 20.3 Å². The zero-order valence-corrected chi connectivity index (χ0v) is 23.6. The summed E-state index contributed by atoms with van der Waals surface area (Å²) in [7, 11) is 3.13. The number of amides is 1. The van der Waals surface area contributed by atoms with Gasteiger partial charge in [0.25, 0.3) is 5.56 Å². The normalized spacial score (nSPS) is 11.3. The molecule has 0 bridgehead atoms. The van der Waals surface area contributed by atoms with Crippen LogP contribution in [-0.2, 0) is 17.7 Å². The van der Waals surface area contributed by atoms with Gasteiger partial charge in [0.2, 0.25) is 0 Å². The second-order valence-electron chi connectivity index (χ2n) is 9.64. The number of aryl methyl sites for hydroxylation is 2. The third kappa shape index (κ3) is 6.85. The molecule has 0 fully saturated rings. The van der Waals surface area contributed by atoms with E-state index in [0.717, 1.165) is 5.39 Å². The molecule has 0 spiro atoms. The molecule has 4 rings (SSSR count). The molecule has 0 radical (unpaired) electrons. The van der Waals surface area contributed by atoms with Crippen LogP contribution in [0.2, 0.25) is 0 Å². The number of hydrogen-bond acceptors (Lipinski definition) is 9. The molecule has 3 aromatic heterocycles. The van der Waals surface area contributed by atoms with Crippen molar-refractivity contribution in [3.8, 4) is 22.6 Å². The lowest BCUT2D eigenvalue weighted by Gasteiger charge is -2.19. The van der Waals surface area contributed by atoms with Gasteiger partial charge in [-0.1, -0.05) is 17.8 Å². The van der Waals surface area contributed by atoms with Crippen LogP contribution in [-0.4, -0.2) is 51.7 Å². The largest absolute Gasteiger partial charge is 0.497 e. The van der Waals surface area contributed by atoms with Gasteiger partial charge in [0.15, 0.2) is 5.16 Å². The summed E-state index contributed by atoms with van der Waals surface area (Å²) < 4.78 is 17.8. The van der Waals surface area contributed by atoms with Crippen LogP contribution in [0.1, 0.15) is 26.5 Å². The fraction of sp³-hybridized carbons (Fsp3) is 0.321. The molecule has 1 aromatic carbocycles. The van der Waals surface area contributed by atoms with Crippen LogP contribution in [0.5, 0.6) is 11.5 Å². The number of carbonyl (C=O) groups is 1.